The van der Waals surface area contributed by atoms with Crippen molar-refractivity contribution < 1.29 is 14.3 Å². The molecule has 5 rings (SSSR count). The average Bonchev–Trinajstić information content (AvgIpc) is 3.46. The highest BCUT2D eigenvalue weighted by atomic mass is 16.6. The van der Waals surface area contributed by atoms with E-state index < -0.39 is 5.60 Å². The standard InChI is InChI=1S/C44H54N4O3/c1-6-8-10-16-29-45-43(50)47(30-28-33-17-12-11-13-18-33)36-26-27-39-40(31-36)48(41(46-39)21-9-7-2)32-34-22-24-35(25-23-34)37-19-14-15-20-38(37)42(49)51-44(3,4)5/h11-15,17-20,22-27,31H,6-10,16,21,28-30,32H2,1-5H3,(H,45,50). The van der Waals surface area contributed by atoms with Crippen LogP contribution in [0, 0.1) is 0 Å². The number of aromatic nitrogens is 2. The van der Waals surface area contributed by atoms with Crippen molar-refractivity contribution in [2.24, 2.45) is 0 Å². The van der Waals surface area contributed by atoms with E-state index in [-0.39, 0.29) is 12.0 Å². The first-order valence-corrected chi connectivity index (χ1v) is 18.7. The van der Waals surface area contributed by atoms with Crippen LogP contribution in [0.2, 0.25) is 0 Å². The fourth-order valence-electron chi connectivity index (χ4n) is 6.33. The normalized spacial score (nSPS) is 11.5. The van der Waals surface area contributed by atoms with Crippen LogP contribution in [0.4, 0.5) is 10.5 Å². The Balaban J connectivity index is 1.44. The number of carbonyl (C=O) groups excluding carboxylic acids is 2. The van der Waals surface area contributed by atoms with Crippen molar-refractivity contribution in [3.63, 3.8) is 0 Å². The summed E-state index contributed by atoms with van der Waals surface area (Å²) in [6, 6.07) is 32.5. The summed E-state index contributed by atoms with van der Waals surface area (Å²) >= 11 is 0. The molecule has 0 aliphatic heterocycles. The molecule has 5 aromatic rings. The van der Waals surface area contributed by atoms with Gasteiger partial charge in [-0.15, -0.1) is 0 Å². The van der Waals surface area contributed by atoms with Gasteiger partial charge >= 0.3 is 12.0 Å². The summed E-state index contributed by atoms with van der Waals surface area (Å²) in [5, 5.41) is 3.19. The van der Waals surface area contributed by atoms with Crippen LogP contribution in [0.3, 0.4) is 0 Å². The lowest BCUT2D eigenvalue weighted by atomic mass is 9.98. The SMILES string of the molecule is CCCCCCNC(=O)N(CCc1ccccc1)c1ccc2nc(CCCC)n(Cc3ccc(-c4ccccc4C(=O)OC(C)(C)C)cc3)c2c1. The summed E-state index contributed by atoms with van der Waals surface area (Å²) in [5.41, 5.74) is 6.91. The number of hydrogen-bond acceptors (Lipinski definition) is 4. The summed E-state index contributed by atoms with van der Waals surface area (Å²) in [6.45, 7) is 11.9. The number of anilines is 1. The van der Waals surface area contributed by atoms with Gasteiger partial charge in [-0.25, -0.2) is 14.6 Å². The molecule has 2 amide bonds. The second-order valence-corrected chi connectivity index (χ2v) is 14.3. The molecule has 1 heterocycles. The van der Waals surface area contributed by atoms with Crippen molar-refractivity contribution in [1.29, 1.82) is 0 Å². The van der Waals surface area contributed by atoms with E-state index in [0.29, 0.717) is 25.2 Å². The molecule has 51 heavy (non-hydrogen) atoms. The van der Waals surface area contributed by atoms with Crippen molar-refractivity contribution in [2.75, 3.05) is 18.0 Å². The molecule has 0 radical (unpaired) electrons. The molecule has 1 aromatic heterocycles. The molecular weight excluding hydrogens is 633 g/mol. The van der Waals surface area contributed by atoms with E-state index in [0.717, 1.165) is 84.2 Å². The van der Waals surface area contributed by atoms with Crippen LogP contribution in [-0.4, -0.2) is 40.2 Å². The molecule has 0 saturated carbocycles. The van der Waals surface area contributed by atoms with E-state index in [1.165, 1.54) is 12.0 Å². The number of unbranched alkanes of at least 4 members (excludes halogenated alkanes) is 4. The number of esters is 1. The fraction of sp³-hybridized carbons (Fsp3) is 0.386. The maximum atomic E-state index is 13.7. The number of benzene rings is 4. The third kappa shape index (κ3) is 10.3. The predicted octanol–water partition coefficient (Wildman–Crippen LogP) is 10.4. The lowest BCUT2D eigenvalue weighted by molar-refractivity contribution is 0.00703. The molecule has 0 atom stereocenters. The van der Waals surface area contributed by atoms with Crippen LogP contribution in [0.25, 0.3) is 22.2 Å². The summed E-state index contributed by atoms with van der Waals surface area (Å²) in [4.78, 5) is 33.7. The van der Waals surface area contributed by atoms with Gasteiger partial charge in [0.2, 0.25) is 0 Å². The average molecular weight is 687 g/mol. The number of imidazole rings is 1. The van der Waals surface area contributed by atoms with Gasteiger partial charge in [-0.1, -0.05) is 112 Å². The molecule has 0 aliphatic carbocycles. The van der Waals surface area contributed by atoms with Crippen molar-refractivity contribution in [2.45, 2.75) is 98.1 Å². The first-order chi connectivity index (χ1) is 24.7. The van der Waals surface area contributed by atoms with Gasteiger partial charge in [0.05, 0.1) is 16.6 Å². The third-order valence-electron chi connectivity index (χ3n) is 9.05. The molecule has 7 nitrogen and oxygen atoms in total. The number of ether oxygens (including phenoxy) is 1. The zero-order valence-corrected chi connectivity index (χ0v) is 31.1. The molecule has 0 saturated heterocycles. The number of rotatable bonds is 16. The number of nitrogens with one attached hydrogen (secondary N) is 1. The topological polar surface area (TPSA) is 76.5 Å². The Labute approximate surface area is 304 Å². The summed E-state index contributed by atoms with van der Waals surface area (Å²) in [7, 11) is 0. The van der Waals surface area contributed by atoms with E-state index in [2.05, 4.69) is 72.3 Å². The molecule has 1 N–H and O–H groups in total. The largest absolute Gasteiger partial charge is 0.456 e. The zero-order valence-electron chi connectivity index (χ0n) is 31.1. The molecule has 0 bridgehead atoms. The Morgan fingerprint density at radius 3 is 2.24 bits per heavy atom. The Kier molecular flexibility index (Phi) is 13.1. The number of carbonyl (C=O) groups is 2. The van der Waals surface area contributed by atoms with E-state index >= 15 is 0 Å². The quantitative estimate of drug-likeness (QED) is 0.0828. The first kappa shape index (κ1) is 37.3. The van der Waals surface area contributed by atoms with Gasteiger partial charge in [-0.05, 0) is 86.6 Å². The van der Waals surface area contributed by atoms with Crippen molar-refractivity contribution in [3.05, 3.63) is 120 Å². The highest BCUT2D eigenvalue weighted by Gasteiger charge is 2.22. The lowest BCUT2D eigenvalue weighted by Gasteiger charge is -2.24. The lowest BCUT2D eigenvalue weighted by Crippen LogP contribution is -2.41. The van der Waals surface area contributed by atoms with Gasteiger partial charge in [0.25, 0.3) is 0 Å². The van der Waals surface area contributed by atoms with Gasteiger partial charge < -0.3 is 14.6 Å². The summed E-state index contributed by atoms with van der Waals surface area (Å²) in [6.07, 6.45) is 8.18. The van der Waals surface area contributed by atoms with Gasteiger partial charge in [0.1, 0.15) is 11.4 Å². The van der Waals surface area contributed by atoms with E-state index in [9.17, 15) is 9.59 Å². The van der Waals surface area contributed by atoms with Gasteiger partial charge in [0.15, 0.2) is 0 Å². The van der Waals surface area contributed by atoms with Crippen molar-refractivity contribution in [3.8, 4) is 11.1 Å². The summed E-state index contributed by atoms with van der Waals surface area (Å²) < 4.78 is 8.00. The van der Waals surface area contributed by atoms with Crippen LogP contribution in [0.1, 0.15) is 100 Å². The highest BCUT2D eigenvalue weighted by molar-refractivity contribution is 5.97. The molecule has 7 heteroatoms. The Morgan fingerprint density at radius 1 is 0.784 bits per heavy atom. The van der Waals surface area contributed by atoms with E-state index in [1.54, 1.807) is 0 Å². The van der Waals surface area contributed by atoms with Crippen molar-refractivity contribution in [1.82, 2.24) is 14.9 Å². The highest BCUT2D eigenvalue weighted by Crippen LogP contribution is 2.29. The Hall–Kier alpha value is -4.91. The maximum Gasteiger partial charge on any atom is 0.339 e. The van der Waals surface area contributed by atoms with Gasteiger partial charge in [-0.2, -0.15) is 0 Å². The number of aryl methyl sites for hydroxylation is 1. The maximum absolute atomic E-state index is 13.7. The Morgan fingerprint density at radius 2 is 1.51 bits per heavy atom. The molecule has 0 fully saturated rings. The first-order valence-electron chi connectivity index (χ1n) is 18.7. The number of amides is 2. The van der Waals surface area contributed by atoms with Crippen LogP contribution in [0.15, 0.2) is 97.1 Å². The second-order valence-electron chi connectivity index (χ2n) is 14.3. The number of fused-ring (bicyclic) bond motifs is 1. The number of urea groups is 1. The monoisotopic (exact) mass is 686 g/mol. The van der Waals surface area contributed by atoms with Crippen LogP contribution in [-0.2, 0) is 24.1 Å². The molecule has 0 spiro atoms. The minimum Gasteiger partial charge on any atom is -0.456 e. The van der Waals surface area contributed by atoms with Gasteiger partial charge in [0, 0.05) is 31.7 Å². The molecular formula is C44H54N4O3. The Bertz CT molecular complexity index is 1870. The zero-order chi connectivity index (χ0) is 36.2. The van der Waals surface area contributed by atoms with Crippen LogP contribution in [0.5, 0.6) is 0 Å². The minimum absolute atomic E-state index is 0.0682. The molecule has 0 unspecified atom stereocenters. The number of hydrogen-bond donors (Lipinski definition) is 1. The summed E-state index contributed by atoms with van der Waals surface area (Å²) in [5.74, 6) is 0.714. The van der Waals surface area contributed by atoms with Crippen LogP contribution < -0.4 is 10.2 Å². The third-order valence-corrected chi connectivity index (χ3v) is 9.05. The van der Waals surface area contributed by atoms with Crippen molar-refractivity contribution >= 4 is 28.7 Å². The van der Waals surface area contributed by atoms with Gasteiger partial charge in [-0.3, -0.25) is 4.90 Å². The van der Waals surface area contributed by atoms with Crippen LogP contribution >= 0.6 is 0 Å². The molecule has 268 valence electrons. The second kappa shape index (κ2) is 17.8. The molecule has 4 aromatic carbocycles. The molecule has 0 aliphatic rings. The fourth-order valence-corrected chi connectivity index (χ4v) is 6.33. The smallest absolute Gasteiger partial charge is 0.339 e. The van der Waals surface area contributed by atoms with E-state index in [4.69, 9.17) is 9.72 Å². The number of nitrogens with zero attached hydrogens (tertiary/aromatic N) is 3. The predicted molar refractivity (Wildman–Crippen MR) is 210 cm³/mol. The minimum atomic E-state index is -0.575. The van der Waals surface area contributed by atoms with E-state index in [1.807, 2.05) is 74.2 Å².